The van der Waals surface area contributed by atoms with Gasteiger partial charge in [0.2, 0.25) is 4.77 Å². The maximum atomic E-state index is 11.2. The summed E-state index contributed by atoms with van der Waals surface area (Å²) in [6.07, 6.45) is 1.36. The Bertz CT molecular complexity index is 1040. The fraction of sp³-hybridized carbons (Fsp3) is 0. The molecule has 0 fully saturated rings. The molecule has 1 aromatic heterocycles. The number of nitrogens with zero attached hydrogens (tertiary/aromatic N) is 3. The molecule has 0 saturated heterocycles. The second-order valence-corrected chi connectivity index (χ2v) is 6.14. The lowest BCUT2D eigenvalue weighted by Gasteiger charge is -2.06. The monoisotopic (exact) mass is 391 g/mol. The van der Waals surface area contributed by atoms with E-state index < -0.39 is 5.97 Å². The Labute approximate surface area is 157 Å². The van der Waals surface area contributed by atoms with E-state index in [0.717, 1.165) is 0 Å². The first-order valence-corrected chi connectivity index (χ1v) is 8.11. The van der Waals surface area contributed by atoms with Crippen molar-refractivity contribution in [1.82, 2.24) is 14.9 Å². The zero-order chi connectivity index (χ0) is 18.0. The number of aromatic amines is 1. The molecule has 25 heavy (non-hydrogen) atoms. The third-order valence-electron chi connectivity index (χ3n) is 3.32. The second-order valence-electron chi connectivity index (χ2n) is 4.91. The molecule has 0 bridgehead atoms. The van der Waals surface area contributed by atoms with E-state index in [9.17, 15) is 9.90 Å². The molecule has 0 aliphatic rings. The van der Waals surface area contributed by atoms with Gasteiger partial charge in [-0.25, -0.2) is 5.10 Å². The predicted molar refractivity (Wildman–Crippen MR) is 96.6 cm³/mol. The Balaban J connectivity index is 2.07. The third kappa shape index (κ3) is 3.63. The van der Waals surface area contributed by atoms with E-state index in [1.54, 1.807) is 36.4 Å². The summed E-state index contributed by atoms with van der Waals surface area (Å²) in [6.45, 7) is 0. The number of halogens is 2. The Hall–Kier alpha value is -2.48. The highest BCUT2D eigenvalue weighted by Crippen LogP contribution is 2.29. The van der Waals surface area contributed by atoms with E-state index in [1.807, 2.05) is 0 Å². The molecule has 0 saturated carbocycles. The summed E-state index contributed by atoms with van der Waals surface area (Å²) < 4.78 is 1.57. The number of rotatable bonds is 4. The fourth-order valence-corrected chi connectivity index (χ4v) is 2.83. The number of hydrogen-bond acceptors (Lipinski definition) is 5. The number of aromatic nitrogens is 3. The number of hydrogen-bond donors (Lipinski definition) is 1. The van der Waals surface area contributed by atoms with Crippen LogP contribution in [0.15, 0.2) is 47.6 Å². The molecule has 6 nitrogen and oxygen atoms in total. The van der Waals surface area contributed by atoms with Crippen LogP contribution in [0.25, 0.3) is 11.4 Å². The van der Waals surface area contributed by atoms with Gasteiger partial charge in [-0.1, -0.05) is 47.5 Å². The van der Waals surface area contributed by atoms with E-state index in [0.29, 0.717) is 27.0 Å². The van der Waals surface area contributed by atoms with Crippen LogP contribution < -0.4 is 5.11 Å². The van der Waals surface area contributed by atoms with Gasteiger partial charge in [0.15, 0.2) is 5.82 Å². The molecule has 3 aromatic rings. The normalized spacial score (nSPS) is 11.1. The van der Waals surface area contributed by atoms with Gasteiger partial charge in [-0.05, 0) is 30.4 Å². The summed E-state index contributed by atoms with van der Waals surface area (Å²) in [4.78, 5) is 11.2. The third-order valence-corrected chi connectivity index (χ3v) is 4.13. The summed E-state index contributed by atoms with van der Waals surface area (Å²) >= 11 is 17.3. The summed E-state index contributed by atoms with van der Waals surface area (Å²) in [5.41, 5.74) is 0.967. The van der Waals surface area contributed by atoms with Gasteiger partial charge < -0.3 is 9.90 Å². The Morgan fingerprint density at radius 3 is 2.76 bits per heavy atom. The van der Waals surface area contributed by atoms with Crippen molar-refractivity contribution in [2.45, 2.75) is 0 Å². The molecule has 0 aliphatic carbocycles. The smallest absolute Gasteiger partial charge is 0.216 e. The number of aromatic carboxylic acids is 1. The highest BCUT2D eigenvalue weighted by atomic mass is 35.5. The van der Waals surface area contributed by atoms with Gasteiger partial charge in [0.05, 0.1) is 17.2 Å². The quantitative estimate of drug-likeness (QED) is 0.546. The largest absolute Gasteiger partial charge is 0.545 e. The van der Waals surface area contributed by atoms with Gasteiger partial charge in [-0.2, -0.15) is 14.9 Å². The van der Waals surface area contributed by atoms with Crippen molar-refractivity contribution >= 4 is 47.6 Å². The van der Waals surface area contributed by atoms with Gasteiger partial charge in [0, 0.05) is 21.7 Å². The maximum Gasteiger partial charge on any atom is 0.216 e. The lowest BCUT2D eigenvalue weighted by atomic mass is 10.1. The van der Waals surface area contributed by atoms with Crippen LogP contribution in [0.4, 0.5) is 0 Å². The maximum absolute atomic E-state index is 11.2. The molecule has 1 N–H and O–H groups in total. The molecule has 0 radical (unpaired) electrons. The van der Waals surface area contributed by atoms with E-state index in [2.05, 4.69) is 15.3 Å². The van der Waals surface area contributed by atoms with E-state index >= 15 is 0 Å². The standard InChI is InChI=1S/C16H10Cl2N4O2S/c17-10-5-6-12(13(18)7-10)14-20-21-16(25)22(14)19-8-9-3-1-2-4-11(9)15(23)24/h1-8H,(H,21,25)(H,23,24)/p-1/b19-8-. The molecular weight excluding hydrogens is 383 g/mol. The zero-order valence-electron chi connectivity index (χ0n) is 12.4. The van der Waals surface area contributed by atoms with Crippen molar-refractivity contribution in [3.63, 3.8) is 0 Å². The van der Waals surface area contributed by atoms with Crippen LogP contribution in [-0.2, 0) is 0 Å². The Morgan fingerprint density at radius 1 is 1.28 bits per heavy atom. The minimum atomic E-state index is -1.29. The van der Waals surface area contributed by atoms with Crippen LogP contribution in [-0.4, -0.2) is 27.1 Å². The van der Waals surface area contributed by atoms with Gasteiger partial charge in [0.1, 0.15) is 0 Å². The highest BCUT2D eigenvalue weighted by molar-refractivity contribution is 7.71. The molecule has 0 spiro atoms. The molecule has 2 aromatic carbocycles. The number of nitrogens with one attached hydrogen (secondary N) is 1. The highest BCUT2D eigenvalue weighted by Gasteiger charge is 2.12. The topological polar surface area (TPSA) is 86.1 Å². The number of H-pyrrole nitrogens is 1. The molecule has 9 heteroatoms. The molecular formula is C16H9Cl2N4O2S-. The van der Waals surface area contributed by atoms with Gasteiger partial charge >= 0.3 is 0 Å². The van der Waals surface area contributed by atoms with Gasteiger partial charge in [-0.3, -0.25) is 0 Å². The molecule has 1 heterocycles. The average molecular weight is 392 g/mol. The predicted octanol–water partition coefficient (Wildman–Crippen LogP) is 3.16. The first kappa shape index (κ1) is 17.3. The molecule has 0 aliphatic heterocycles. The first-order valence-electron chi connectivity index (χ1n) is 6.95. The number of benzene rings is 2. The van der Waals surface area contributed by atoms with E-state index in [-0.39, 0.29) is 10.3 Å². The van der Waals surface area contributed by atoms with Crippen LogP contribution >= 0.6 is 35.4 Å². The van der Waals surface area contributed by atoms with Crippen LogP contribution in [0.5, 0.6) is 0 Å². The fourth-order valence-electron chi connectivity index (χ4n) is 2.16. The van der Waals surface area contributed by atoms with Crippen molar-refractivity contribution in [2.75, 3.05) is 0 Å². The Morgan fingerprint density at radius 2 is 2.04 bits per heavy atom. The molecule has 126 valence electrons. The summed E-state index contributed by atoms with van der Waals surface area (Å²) in [6, 6.07) is 11.3. The van der Waals surface area contributed by atoms with Crippen LogP contribution in [0, 0.1) is 4.77 Å². The SMILES string of the molecule is O=C([O-])c1ccccc1/C=N\n1c(-c2ccc(Cl)cc2Cl)n[nH]c1=S. The lowest BCUT2D eigenvalue weighted by molar-refractivity contribution is -0.255. The second kappa shape index (κ2) is 7.18. The van der Waals surface area contributed by atoms with Crippen molar-refractivity contribution in [1.29, 1.82) is 0 Å². The van der Waals surface area contributed by atoms with Gasteiger partial charge in [0.25, 0.3) is 0 Å². The summed E-state index contributed by atoms with van der Waals surface area (Å²) in [7, 11) is 0. The van der Waals surface area contributed by atoms with Crippen molar-refractivity contribution in [3.8, 4) is 11.4 Å². The minimum absolute atomic E-state index is 0.0207. The van der Waals surface area contributed by atoms with Crippen molar-refractivity contribution in [3.05, 3.63) is 68.4 Å². The number of carboxylic acids is 1. The van der Waals surface area contributed by atoms with E-state index in [1.165, 1.54) is 17.0 Å². The summed E-state index contributed by atoms with van der Waals surface area (Å²) in [5.74, 6) is -0.923. The average Bonchev–Trinajstić information content (AvgIpc) is 2.94. The molecule has 0 atom stereocenters. The first-order chi connectivity index (χ1) is 12.0. The molecule has 3 rings (SSSR count). The van der Waals surface area contributed by atoms with Crippen molar-refractivity contribution < 1.29 is 9.90 Å². The zero-order valence-corrected chi connectivity index (χ0v) is 14.8. The van der Waals surface area contributed by atoms with Gasteiger partial charge in [-0.15, -0.1) is 0 Å². The van der Waals surface area contributed by atoms with Crippen LogP contribution in [0.3, 0.4) is 0 Å². The number of carbonyl (C=O) groups excluding carboxylic acids is 1. The Kier molecular flexibility index (Phi) is 4.98. The van der Waals surface area contributed by atoms with E-state index in [4.69, 9.17) is 35.4 Å². The molecule has 0 unspecified atom stereocenters. The lowest BCUT2D eigenvalue weighted by Crippen LogP contribution is -2.23. The van der Waals surface area contributed by atoms with Crippen molar-refractivity contribution in [2.24, 2.45) is 5.10 Å². The number of carboxylic acid groups (broad SMARTS) is 1. The van der Waals surface area contributed by atoms with Crippen LogP contribution in [0.2, 0.25) is 10.0 Å². The summed E-state index contributed by atoms with van der Waals surface area (Å²) in [5, 5.41) is 23.0. The minimum Gasteiger partial charge on any atom is -0.545 e. The molecule has 0 amide bonds. The van der Waals surface area contributed by atoms with Crippen LogP contribution in [0.1, 0.15) is 15.9 Å². The number of carbonyl (C=O) groups is 1.